The van der Waals surface area contributed by atoms with E-state index < -0.39 is 17.9 Å². The van der Waals surface area contributed by atoms with Crippen LogP contribution in [0.4, 0.5) is 4.79 Å². The van der Waals surface area contributed by atoms with Crippen LogP contribution in [0.1, 0.15) is 18.4 Å². The molecule has 0 spiro atoms. The zero-order valence-corrected chi connectivity index (χ0v) is 10.5. The summed E-state index contributed by atoms with van der Waals surface area (Å²) in [5.41, 5.74) is -0.253. The van der Waals surface area contributed by atoms with E-state index in [1.165, 1.54) is 6.92 Å². The Morgan fingerprint density at radius 3 is 2.53 bits per heavy atom. The van der Waals surface area contributed by atoms with Crippen molar-refractivity contribution in [2.24, 2.45) is 0 Å². The van der Waals surface area contributed by atoms with Gasteiger partial charge in [-0.2, -0.15) is 0 Å². The molecule has 0 aliphatic heterocycles. The first-order chi connectivity index (χ1) is 8.93. The highest BCUT2D eigenvalue weighted by Gasteiger charge is 2.14. The summed E-state index contributed by atoms with van der Waals surface area (Å²) in [6.45, 7) is 6.27. The SMILES string of the molecule is C=C(NC(=O)OCc1oc(=O)oc1C)C(=O)OCC. The number of rotatable bonds is 5. The molecule has 0 saturated carbocycles. The van der Waals surface area contributed by atoms with E-state index in [9.17, 15) is 14.4 Å². The fraction of sp³-hybridized carbons (Fsp3) is 0.364. The van der Waals surface area contributed by atoms with Crippen molar-refractivity contribution in [3.63, 3.8) is 0 Å². The second-order valence-corrected chi connectivity index (χ2v) is 3.33. The van der Waals surface area contributed by atoms with Crippen molar-refractivity contribution in [2.75, 3.05) is 6.61 Å². The highest BCUT2D eigenvalue weighted by Crippen LogP contribution is 2.06. The van der Waals surface area contributed by atoms with Gasteiger partial charge in [-0.3, -0.25) is 5.32 Å². The molecule has 1 heterocycles. The smallest absolute Gasteiger partial charge is 0.461 e. The largest absolute Gasteiger partial charge is 0.519 e. The molecule has 19 heavy (non-hydrogen) atoms. The van der Waals surface area contributed by atoms with E-state index in [0.717, 1.165) is 0 Å². The Morgan fingerprint density at radius 1 is 1.32 bits per heavy atom. The van der Waals surface area contributed by atoms with Crippen LogP contribution in [0.2, 0.25) is 0 Å². The highest BCUT2D eigenvalue weighted by molar-refractivity contribution is 5.91. The molecular weight excluding hydrogens is 258 g/mol. The van der Waals surface area contributed by atoms with Crippen LogP contribution in [-0.4, -0.2) is 18.7 Å². The van der Waals surface area contributed by atoms with Gasteiger partial charge in [-0.1, -0.05) is 6.58 Å². The third kappa shape index (κ3) is 4.34. The molecule has 1 rings (SSSR count). The summed E-state index contributed by atoms with van der Waals surface area (Å²) in [7, 11) is 0. The number of hydrogen-bond acceptors (Lipinski definition) is 7. The molecule has 1 amide bonds. The number of amides is 1. The first-order valence-electron chi connectivity index (χ1n) is 5.33. The van der Waals surface area contributed by atoms with Crippen molar-refractivity contribution >= 4 is 12.1 Å². The first-order valence-corrected chi connectivity index (χ1v) is 5.33. The lowest BCUT2D eigenvalue weighted by Gasteiger charge is -2.07. The van der Waals surface area contributed by atoms with Crippen molar-refractivity contribution in [3.05, 3.63) is 34.4 Å². The number of esters is 1. The average molecular weight is 271 g/mol. The van der Waals surface area contributed by atoms with Gasteiger partial charge in [0, 0.05) is 0 Å². The molecule has 1 aromatic heterocycles. The first kappa shape index (κ1) is 14.6. The normalized spacial score (nSPS) is 9.79. The number of carbonyl (C=O) groups excluding carboxylic acids is 2. The molecule has 8 nitrogen and oxygen atoms in total. The quantitative estimate of drug-likeness (QED) is 0.624. The van der Waals surface area contributed by atoms with Crippen molar-refractivity contribution < 1.29 is 27.9 Å². The predicted octanol–water partition coefficient (Wildman–Crippen LogP) is 0.844. The topological polar surface area (TPSA) is 108 Å². The van der Waals surface area contributed by atoms with Gasteiger partial charge in [0.15, 0.2) is 18.1 Å². The van der Waals surface area contributed by atoms with Crippen LogP contribution in [0.15, 0.2) is 25.9 Å². The van der Waals surface area contributed by atoms with Crippen LogP contribution in [0, 0.1) is 6.92 Å². The third-order valence-corrected chi connectivity index (χ3v) is 1.94. The summed E-state index contributed by atoms with van der Waals surface area (Å²) < 4.78 is 18.5. The van der Waals surface area contributed by atoms with Crippen LogP contribution in [-0.2, 0) is 20.9 Å². The molecule has 0 atom stereocenters. The molecule has 0 radical (unpaired) electrons. The Morgan fingerprint density at radius 2 is 2.00 bits per heavy atom. The zero-order chi connectivity index (χ0) is 14.4. The maximum atomic E-state index is 11.3. The number of carbonyl (C=O) groups is 2. The van der Waals surface area contributed by atoms with E-state index in [0.29, 0.717) is 0 Å². The predicted molar refractivity (Wildman–Crippen MR) is 61.1 cm³/mol. The van der Waals surface area contributed by atoms with Crippen molar-refractivity contribution in [1.29, 1.82) is 0 Å². The fourth-order valence-corrected chi connectivity index (χ4v) is 1.07. The van der Waals surface area contributed by atoms with Gasteiger partial charge in [-0.05, 0) is 13.8 Å². The van der Waals surface area contributed by atoms with E-state index in [1.54, 1.807) is 6.92 Å². The molecule has 0 fully saturated rings. The third-order valence-electron chi connectivity index (χ3n) is 1.94. The number of hydrogen-bond donors (Lipinski definition) is 1. The lowest BCUT2D eigenvalue weighted by atomic mass is 10.4. The lowest BCUT2D eigenvalue weighted by molar-refractivity contribution is -0.138. The van der Waals surface area contributed by atoms with Crippen molar-refractivity contribution in [2.45, 2.75) is 20.5 Å². The standard InChI is InChI=1S/C11H13NO7/c1-4-16-9(13)6(2)12-10(14)17-5-8-7(3)18-11(15)19-8/h2,4-5H2,1,3H3,(H,12,14). The van der Waals surface area contributed by atoms with Crippen LogP contribution < -0.4 is 11.1 Å². The summed E-state index contributed by atoms with van der Waals surface area (Å²) in [6, 6.07) is 0. The summed E-state index contributed by atoms with van der Waals surface area (Å²) in [4.78, 5) is 33.2. The summed E-state index contributed by atoms with van der Waals surface area (Å²) in [5, 5.41) is 2.08. The molecule has 104 valence electrons. The maximum absolute atomic E-state index is 11.3. The minimum atomic E-state index is -0.929. The van der Waals surface area contributed by atoms with Crippen molar-refractivity contribution in [1.82, 2.24) is 5.32 Å². The van der Waals surface area contributed by atoms with E-state index in [4.69, 9.17) is 4.74 Å². The Labute approximate surface area is 108 Å². The Kier molecular flexibility index (Phi) is 4.92. The molecule has 0 aliphatic rings. The summed E-state index contributed by atoms with van der Waals surface area (Å²) >= 11 is 0. The van der Waals surface area contributed by atoms with Gasteiger partial charge in [0.05, 0.1) is 6.61 Å². The second-order valence-electron chi connectivity index (χ2n) is 3.33. The number of ether oxygens (including phenoxy) is 2. The van der Waals surface area contributed by atoms with Gasteiger partial charge in [-0.15, -0.1) is 0 Å². The number of alkyl carbamates (subject to hydrolysis) is 1. The Bertz CT molecular complexity index is 539. The van der Waals surface area contributed by atoms with Gasteiger partial charge < -0.3 is 18.3 Å². The molecule has 0 unspecified atom stereocenters. The number of aryl methyl sites for hydroxylation is 1. The summed E-state index contributed by atoms with van der Waals surface area (Å²) in [5.74, 6) is -1.35. The van der Waals surface area contributed by atoms with E-state index >= 15 is 0 Å². The minimum absolute atomic E-state index is 0.0851. The molecule has 1 N–H and O–H groups in total. The second kappa shape index (κ2) is 6.43. The number of nitrogens with one attached hydrogen (secondary N) is 1. The average Bonchev–Trinajstić information content (AvgIpc) is 2.65. The van der Waals surface area contributed by atoms with Gasteiger partial charge in [0.1, 0.15) is 5.70 Å². The molecule has 0 saturated heterocycles. The van der Waals surface area contributed by atoms with Crippen LogP contribution in [0.25, 0.3) is 0 Å². The lowest BCUT2D eigenvalue weighted by Crippen LogP contribution is -2.28. The summed E-state index contributed by atoms with van der Waals surface area (Å²) in [6.07, 6.45) is -0.929. The molecule has 1 aromatic rings. The van der Waals surface area contributed by atoms with E-state index in [-0.39, 0.29) is 30.4 Å². The maximum Gasteiger partial charge on any atom is 0.519 e. The van der Waals surface area contributed by atoms with Crippen LogP contribution in [0.3, 0.4) is 0 Å². The molecule has 0 aliphatic carbocycles. The molecule has 0 bridgehead atoms. The van der Waals surface area contributed by atoms with E-state index in [1.807, 2.05) is 0 Å². The molecular formula is C11H13NO7. The highest BCUT2D eigenvalue weighted by atomic mass is 16.6. The van der Waals surface area contributed by atoms with Crippen molar-refractivity contribution in [3.8, 4) is 0 Å². The Balaban J connectivity index is 2.44. The van der Waals surface area contributed by atoms with E-state index in [2.05, 4.69) is 25.5 Å². The Hall–Kier alpha value is -2.51. The fourth-order valence-electron chi connectivity index (χ4n) is 1.07. The van der Waals surface area contributed by atoms with Crippen LogP contribution in [0.5, 0.6) is 0 Å². The van der Waals surface area contributed by atoms with Gasteiger partial charge in [0.2, 0.25) is 0 Å². The molecule has 0 aromatic carbocycles. The monoisotopic (exact) mass is 271 g/mol. The van der Waals surface area contributed by atoms with Gasteiger partial charge in [0.25, 0.3) is 0 Å². The zero-order valence-electron chi connectivity index (χ0n) is 10.5. The van der Waals surface area contributed by atoms with Gasteiger partial charge >= 0.3 is 17.9 Å². The van der Waals surface area contributed by atoms with Gasteiger partial charge in [-0.25, -0.2) is 14.4 Å². The minimum Gasteiger partial charge on any atom is -0.461 e. The van der Waals surface area contributed by atoms with Crippen LogP contribution >= 0.6 is 0 Å². The molecule has 8 heteroatoms.